The summed E-state index contributed by atoms with van der Waals surface area (Å²) in [5, 5.41) is 1.39. The van der Waals surface area contributed by atoms with Gasteiger partial charge in [-0.1, -0.05) is 79.3 Å². The van der Waals surface area contributed by atoms with Crippen molar-refractivity contribution in [3.63, 3.8) is 0 Å². The highest BCUT2D eigenvalue weighted by Crippen LogP contribution is 2.32. The van der Waals surface area contributed by atoms with Crippen molar-refractivity contribution in [1.29, 1.82) is 0 Å². The van der Waals surface area contributed by atoms with E-state index in [1.807, 2.05) is 48.5 Å². The summed E-state index contributed by atoms with van der Waals surface area (Å²) in [5.41, 5.74) is 2.10. The van der Waals surface area contributed by atoms with Gasteiger partial charge >= 0.3 is 0 Å². The molecule has 0 aliphatic rings. The highest BCUT2D eigenvalue weighted by Gasteiger charge is 2.17. The maximum absolute atomic E-state index is 12.2. The molecule has 0 aromatic heterocycles. The van der Waals surface area contributed by atoms with Gasteiger partial charge in [0.2, 0.25) is 0 Å². The Kier molecular flexibility index (Phi) is 6.94. The first kappa shape index (κ1) is 18.0. The second-order valence-corrected chi connectivity index (χ2v) is 8.07. The third kappa shape index (κ3) is 5.38. The number of rotatable bonds is 6. The van der Waals surface area contributed by atoms with Gasteiger partial charge in [-0.3, -0.25) is 4.79 Å². The van der Waals surface area contributed by atoms with Gasteiger partial charge in [-0.05, 0) is 35.4 Å². The molecule has 0 bridgehead atoms. The molecular formula is C17H14Br2Cl2O. The molecule has 2 aromatic rings. The molecule has 0 fully saturated rings. The Balaban J connectivity index is 1.91. The number of hydrogen-bond acceptors (Lipinski definition) is 1. The van der Waals surface area contributed by atoms with E-state index >= 15 is 0 Å². The lowest BCUT2D eigenvalue weighted by Gasteiger charge is -2.13. The van der Waals surface area contributed by atoms with Crippen LogP contribution in [0.3, 0.4) is 0 Å². The van der Waals surface area contributed by atoms with Crippen molar-refractivity contribution in [3.8, 4) is 0 Å². The molecule has 0 spiro atoms. The summed E-state index contributed by atoms with van der Waals surface area (Å²) in [6, 6.07) is 15.0. The Morgan fingerprint density at radius 2 is 1.09 bits per heavy atom. The maximum atomic E-state index is 12.2. The smallest absolute Gasteiger partial charge is 0.135 e. The highest BCUT2D eigenvalue weighted by molar-refractivity contribution is 9.09. The fourth-order valence-corrected chi connectivity index (χ4v) is 3.65. The van der Waals surface area contributed by atoms with Crippen molar-refractivity contribution in [2.24, 2.45) is 0 Å². The summed E-state index contributed by atoms with van der Waals surface area (Å²) in [4.78, 5) is 12.2. The summed E-state index contributed by atoms with van der Waals surface area (Å²) in [7, 11) is 0. The third-order valence-electron chi connectivity index (χ3n) is 3.28. The van der Waals surface area contributed by atoms with E-state index in [1.54, 1.807) is 0 Å². The largest absolute Gasteiger partial charge is 0.300 e. The molecule has 5 heteroatoms. The fraction of sp³-hybridized carbons (Fsp3) is 0.235. The predicted molar refractivity (Wildman–Crippen MR) is 100 cm³/mol. The molecule has 0 heterocycles. The zero-order valence-corrected chi connectivity index (χ0v) is 16.3. The fourth-order valence-electron chi connectivity index (χ4n) is 2.06. The molecule has 2 atom stereocenters. The first-order chi connectivity index (χ1) is 10.5. The molecule has 0 aliphatic carbocycles. The summed E-state index contributed by atoms with van der Waals surface area (Å²) in [6.07, 6.45) is 0.884. The minimum Gasteiger partial charge on any atom is -0.300 e. The lowest BCUT2D eigenvalue weighted by atomic mass is 10.0. The lowest BCUT2D eigenvalue weighted by molar-refractivity contribution is -0.119. The number of ketones is 1. The Labute approximate surface area is 157 Å². The van der Waals surface area contributed by atoms with Crippen molar-refractivity contribution < 1.29 is 4.79 Å². The van der Waals surface area contributed by atoms with Gasteiger partial charge in [-0.2, -0.15) is 0 Å². The number of carbonyl (C=O) groups is 1. The van der Waals surface area contributed by atoms with Crippen LogP contribution in [-0.2, 0) is 4.79 Å². The van der Waals surface area contributed by atoms with Crippen LogP contribution in [0, 0.1) is 0 Å². The molecule has 2 rings (SSSR count). The second-order valence-electron chi connectivity index (χ2n) is 4.99. The maximum Gasteiger partial charge on any atom is 0.135 e. The highest BCUT2D eigenvalue weighted by atomic mass is 79.9. The third-order valence-corrected chi connectivity index (χ3v) is 5.49. The first-order valence-corrected chi connectivity index (χ1v) is 9.35. The van der Waals surface area contributed by atoms with Gasteiger partial charge in [0.1, 0.15) is 5.78 Å². The van der Waals surface area contributed by atoms with Crippen molar-refractivity contribution in [2.45, 2.75) is 22.5 Å². The van der Waals surface area contributed by atoms with Crippen molar-refractivity contribution >= 4 is 60.8 Å². The molecule has 0 saturated heterocycles. The van der Waals surface area contributed by atoms with Crippen LogP contribution in [0.4, 0.5) is 0 Å². The van der Waals surface area contributed by atoms with Gasteiger partial charge in [-0.25, -0.2) is 0 Å². The summed E-state index contributed by atoms with van der Waals surface area (Å²) in [6.45, 7) is 0. The number of halogens is 4. The van der Waals surface area contributed by atoms with Gasteiger partial charge < -0.3 is 0 Å². The van der Waals surface area contributed by atoms with Crippen LogP contribution >= 0.6 is 55.1 Å². The van der Waals surface area contributed by atoms with Gasteiger partial charge in [0.25, 0.3) is 0 Å². The normalized spacial score (nSPS) is 13.6. The number of benzene rings is 2. The van der Waals surface area contributed by atoms with E-state index in [0.717, 1.165) is 11.1 Å². The van der Waals surface area contributed by atoms with Crippen LogP contribution < -0.4 is 0 Å². The van der Waals surface area contributed by atoms with Crippen LogP contribution in [0.5, 0.6) is 0 Å². The van der Waals surface area contributed by atoms with Crippen LogP contribution in [0.25, 0.3) is 0 Å². The van der Waals surface area contributed by atoms with E-state index in [2.05, 4.69) is 31.9 Å². The van der Waals surface area contributed by atoms with E-state index in [9.17, 15) is 4.79 Å². The first-order valence-electron chi connectivity index (χ1n) is 6.76. The lowest BCUT2D eigenvalue weighted by Crippen LogP contribution is -2.05. The Morgan fingerprint density at radius 1 is 0.773 bits per heavy atom. The van der Waals surface area contributed by atoms with E-state index in [-0.39, 0.29) is 15.4 Å². The van der Waals surface area contributed by atoms with E-state index in [4.69, 9.17) is 23.2 Å². The van der Waals surface area contributed by atoms with Crippen molar-refractivity contribution in [2.75, 3.05) is 0 Å². The molecule has 0 radical (unpaired) electrons. The number of hydrogen-bond donors (Lipinski definition) is 0. The molecule has 116 valence electrons. The minimum absolute atomic E-state index is 0.00202. The zero-order valence-electron chi connectivity index (χ0n) is 11.6. The van der Waals surface area contributed by atoms with Gasteiger partial charge in [0.15, 0.2) is 0 Å². The average Bonchev–Trinajstić information content (AvgIpc) is 2.48. The van der Waals surface area contributed by atoms with E-state index in [1.165, 1.54) is 0 Å². The second kappa shape index (κ2) is 8.49. The number of alkyl halides is 2. The molecule has 0 N–H and O–H groups in total. The topological polar surface area (TPSA) is 17.1 Å². The average molecular weight is 465 g/mol. The zero-order chi connectivity index (χ0) is 16.1. The number of Topliss-reactive ketones (excluding diaryl/α,β-unsaturated/α-hetero) is 1. The molecule has 0 saturated carbocycles. The molecule has 0 unspecified atom stereocenters. The summed E-state index contributed by atoms with van der Waals surface area (Å²) in [5.74, 6) is 0.189. The summed E-state index contributed by atoms with van der Waals surface area (Å²) < 4.78 is 0. The van der Waals surface area contributed by atoms with Crippen LogP contribution in [-0.4, -0.2) is 5.78 Å². The molecule has 2 aromatic carbocycles. The van der Waals surface area contributed by atoms with Gasteiger partial charge in [0.05, 0.1) is 0 Å². The SMILES string of the molecule is O=C(C[C@H](Br)c1ccc(Cl)cc1)C[C@H](Br)c1ccc(Cl)cc1. The molecule has 0 aliphatic heterocycles. The Bertz CT molecular complexity index is 571. The van der Waals surface area contributed by atoms with Crippen LogP contribution in [0.15, 0.2) is 48.5 Å². The molecule has 1 nitrogen and oxygen atoms in total. The Morgan fingerprint density at radius 3 is 1.41 bits per heavy atom. The Hall–Kier alpha value is -0.350. The van der Waals surface area contributed by atoms with Crippen molar-refractivity contribution in [3.05, 3.63) is 69.7 Å². The summed E-state index contributed by atoms with van der Waals surface area (Å²) >= 11 is 18.9. The van der Waals surface area contributed by atoms with Gasteiger partial charge in [-0.15, -0.1) is 0 Å². The molecule has 22 heavy (non-hydrogen) atoms. The molecule has 0 amide bonds. The minimum atomic E-state index is 0.00202. The number of carbonyl (C=O) groups excluding carboxylic acids is 1. The molecular weight excluding hydrogens is 451 g/mol. The van der Waals surface area contributed by atoms with E-state index in [0.29, 0.717) is 22.9 Å². The van der Waals surface area contributed by atoms with Crippen LogP contribution in [0.1, 0.15) is 33.6 Å². The van der Waals surface area contributed by atoms with Crippen LogP contribution in [0.2, 0.25) is 10.0 Å². The monoisotopic (exact) mass is 462 g/mol. The predicted octanol–water partition coefficient (Wildman–Crippen LogP) is 6.91. The van der Waals surface area contributed by atoms with Crippen molar-refractivity contribution in [1.82, 2.24) is 0 Å². The van der Waals surface area contributed by atoms with Gasteiger partial charge in [0, 0.05) is 32.5 Å². The quantitative estimate of drug-likeness (QED) is 0.424. The van der Waals surface area contributed by atoms with E-state index < -0.39 is 0 Å². The standard InChI is InChI=1S/C17H14Br2Cl2O/c18-16(11-1-5-13(20)6-2-11)9-15(22)10-17(19)12-3-7-14(21)8-4-12/h1-8,16-17H,9-10H2/t16-,17-/m0/s1.